The highest BCUT2D eigenvalue weighted by atomic mass is 16.4. The molecule has 3 N–H and O–H groups in total. The van der Waals surface area contributed by atoms with Gasteiger partial charge in [0.25, 0.3) is 0 Å². The Morgan fingerprint density at radius 3 is 1.69 bits per heavy atom. The van der Waals surface area contributed by atoms with Crippen LogP contribution in [0.25, 0.3) is 10.4 Å². The Morgan fingerprint density at radius 1 is 0.875 bits per heavy atom. The minimum absolute atomic E-state index is 0.165. The summed E-state index contributed by atoms with van der Waals surface area (Å²) in [5, 5.41) is 17.8. The highest BCUT2D eigenvalue weighted by Gasteiger charge is 2.38. The Morgan fingerprint density at radius 2 is 1.31 bits per heavy atom. The Hall–Kier alpha value is -4.29. The second-order valence-electron chi connectivity index (χ2n) is 7.15. The Bertz CT molecular complexity index is 988. The predicted octanol–water partition coefficient (Wildman–Crippen LogP) is 4.43. The van der Waals surface area contributed by atoms with Gasteiger partial charge in [-0.15, -0.1) is 0 Å². The molecule has 1 unspecified atom stereocenters. The molecule has 0 bridgehead atoms. The summed E-state index contributed by atoms with van der Waals surface area (Å²) in [7, 11) is 0. The lowest BCUT2D eigenvalue weighted by Gasteiger charge is -2.37. The summed E-state index contributed by atoms with van der Waals surface area (Å²) in [6.45, 7) is -0.165. The molecule has 0 aliphatic rings. The number of benzene rings is 3. The van der Waals surface area contributed by atoms with Gasteiger partial charge in [-0.3, -0.25) is 4.79 Å². The maximum Gasteiger partial charge on any atom is 0.404 e. The SMILES string of the molecule is [N-]=[N+]=NC(CNC(=O)O)CC(=O)NC(c1ccccc1)(c1ccccc1)c1ccccc1. The molecule has 3 aromatic carbocycles. The number of rotatable bonds is 9. The van der Waals surface area contributed by atoms with E-state index in [1.165, 1.54) is 0 Å². The standard InChI is InChI=1S/C24H23N5O3/c25-29-28-21(17-26-23(31)32)16-22(30)27-24(18-10-4-1-5-11-18,19-12-6-2-7-13-19)20-14-8-3-9-15-20/h1-15,21,26H,16-17H2,(H,27,30)(H,31,32). The number of azide groups is 1. The molecule has 8 nitrogen and oxygen atoms in total. The summed E-state index contributed by atoms with van der Waals surface area (Å²) in [6.07, 6.45) is -1.44. The molecule has 0 saturated carbocycles. The summed E-state index contributed by atoms with van der Waals surface area (Å²) in [6, 6.07) is 27.9. The molecular weight excluding hydrogens is 406 g/mol. The van der Waals surface area contributed by atoms with Crippen molar-refractivity contribution < 1.29 is 14.7 Å². The van der Waals surface area contributed by atoms with Crippen molar-refractivity contribution in [3.63, 3.8) is 0 Å². The number of amides is 2. The lowest BCUT2D eigenvalue weighted by Crippen LogP contribution is -2.49. The topological polar surface area (TPSA) is 127 Å². The van der Waals surface area contributed by atoms with E-state index in [2.05, 4.69) is 20.7 Å². The van der Waals surface area contributed by atoms with Gasteiger partial charge in [0.05, 0.1) is 6.04 Å². The van der Waals surface area contributed by atoms with Crippen LogP contribution in [-0.4, -0.2) is 29.7 Å². The van der Waals surface area contributed by atoms with E-state index in [1.807, 2.05) is 91.0 Å². The van der Waals surface area contributed by atoms with Gasteiger partial charge in [0.15, 0.2) is 0 Å². The first-order valence-corrected chi connectivity index (χ1v) is 10.0. The van der Waals surface area contributed by atoms with E-state index in [0.29, 0.717) is 0 Å². The number of nitrogens with one attached hydrogen (secondary N) is 2. The molecule has 0 radical (unpaired) electrons. The van der Waals surface area contributed by atoms with Gasteiger partial charge in [-0.25, -0.2) is 4.79 Å². The van der Waals surface area contributed by atoms with Crippen LogP contribution in [-0.2, 0) is 10.3 Å². The summed E-state index contributed by atoms with van der Waals surface area (Å²) >= 11 is 0. The lowest BCUT2D eigenvalue weighted by atomic mass is 9.77. The van der Waals surface area contributed by atoms with E-state index >= 15 is 0 Å². The van der Waals surface area contributed by atoms with Crippen LogP contribution in [0.3, 0.4) is 0 Å². The number of carbonyl (C=O) groups is 2. The number of hydrogen-bond donors (Lipinski definition) is 3. The van der Waals surface area contributed by atoms with E-state index in [0.717, 1.165) is 16.7 Å². The number of hydrogen-bond acceptors (Lipinski definition) is 3. The molecule has 0 aliphatic carbocycles. The highest BCUT2D eigenvalue weighted by Crippen LogP contribution is 2.36. The van der Waals surface area contributed by atoms with E-state index < -0.39 is 17.7 Å². The van der Waals surface area contributed by atoms with E-state index in [4.69, 9.17) is 10.6 Å². The summed E-state index contributed by atoms with van der Waals surface area (Å²) in [5.74, 6) is -0.383. The average Bonchev–Trinajstić information content (AvgIpc) is 2.83. The molecule has 1 atom stereocenters. The van der Waals surface area contributed by atoms with Crippen molar-refractivity contribution in [2.75, 3.05) is 6.54 Å². The van der Waals surface area contributed by atoms with Gasteiger partial charge < -0.3 is 15.7 Å². The smallest absolute Gasteiger partial charge is 0.404 e. The average molecular weight is 429 g/mol. The van der Waals surface area contributed by atoms with Crippen molar-refractivity contribution in [1.82, 2.24) is 10.6 Å². The fourth-order valence-corrected chi connectivity index (χ4v) is 3.69. The molecular formula is C24H23N5O3. The molecule has 162 valence electrons. The third-order valence-electron chi connectivity index (χ3n) is 5.07. The highest BCUT2D eigenvalue weighted by molar-refractivity contribution is 5.80. The summed E-state index contributed by atoms with van der Waals surface area (Å²) in [4.78, 5) is 26.8. The number of carbonyl (C=O) groups excluding carboxylic acids is 1. The van der Waals surface area contributed by atoms with Gasteiger partial charge in [-0.2, -0.15) is 0 Å². The van der Waals surface area contributed by atoms with E-state index in [-0.39, 0.29) is 18.9 Å². The minimum atomic E-state index is -1.25. The third kappa shape index (κ3) is 5.24. The zero-order chi connectivity index (χ0) is 22.8. The van der Waals surface area contributed by atoms with Crippen LogP contribution in [0.4, 0.5) is 4.79 Å². The molecule has 32 heavy (non-hydrogen) atoms. The molecule has 2 amide bonds. The molecule has 0 fully saturated rings. The van der Waals surface area contributed by atoms with Crippen LogP contribution in [0.15, 0.2) is 96.1 Å². The number of carboxylic acid groups (broad SMARTS) is 1. The van der Waals surface area contributed by atoms with Gasteiger partial charge in [0, 0.05) is 17.9 Å². The predicted molar refractivity (Wildman–Crippen MR) is 121 cm³/mol. The Balaban J connectivity index is 2.05. The van der Waals surface area contributed by atoms with Crippen LogP contribution in [0.2, 0.25) is 0 Å². The van der Waals surface area contributed by atoms with Crippen LogP contribution < -0.4 is 10.6 Å². The van der Waals surface area contributed by atoms with Gasteiger partial charge in [-0.1, -0.05) is 96.1 Å². The molecule has 0 aliphatic heterocycles. The zero-order valence-corrected chi connectivity index (χ0v) is 17.3. The van der Waals surface area contributed by atoms with Crippen LogP contribution in [0.1, 0.15) is 23.1 Å². The second kappa shape index (κ2) is 10.7. The maximum absolute atomic E-state index is 13.2. The van der Waals surface area contributed by atoms with Gasteiger partial charge in [0.2, 0.25) is 5.91 Å². The van der Waals surface area contributed by atoms with Crippen molar-refractivity contribution in [3.05, 3.63) is 118 Å². The molecule has 0 heterocycles. The van der Waals surface area contributed by atoms with E-state index in [9.17, 15) is 9.59 Å². The van der Waals surface area contributed by atoms with Crippen molar-refractivity contribution in [1.29, 1.82) is 0 Å². The minimum Gasteiger partial charge on any atom is -0.465 e. The van der Waals surface area contributed by atoms with Crippen molar-refractivity contribution in [3.8, 4) is 0 Å². The Labute approximate surface area is 185 Å². The normalized spacial score (nSPS) is 11.6. The van der Waals surface area contributed by atoms with Gasteiger partial charge >= 0.3 is 6.09 Å². The molecule has 0 saturated heterocycles. The monoisotopic (exact) mass is 429 g/mol. The molecule has 3 rings (SSSR count). The van der Waals surface area contributed by atoms with Crippen molar-refractivity contribution >= 4 is 12.0 Å². The first-order chi connectivity index (χ1) is 15.6. The fraction of sp³-hybridized carbons (Fsp3) is 0.167. The van der Waals surface area contributed by atoms with Crippen LogP contribution >= 0.6 is 0 Å². The molecule has 0 aromatic heterocycles. The quantitative estimate of drug-likeness (QED) is 0.201. The van der Waals surface area contributed by atoms with Crippen molar-refractivity contribution in [2.24, 2.45) is 5.11 Å². The van der Waals surface area contributed by atoms with Gasteiger partial charge in [-0.05, 0) is 22.2 Å². The van der Waals surface area contributed by atoms with Crippen LogP contribution in [0.5, 0.6) is 0 Å². The first kappa shape index (κ1) is 22.4. The lowest BCUT2D eigenvalue weighted by molar-refractivity contribution is -0.122. The molecule has 3 aromatic rings. The number of nitrogens with zero attached hydrogens (tertiary/aromatic N) is 3. The summed E-state index contributed by atoms with van der Waals surface area (Å²) < 4.78 is 0. The first-order valence-electron chi connectivity index (χ1n) is 10.0. The largest absolute Gasteiger partial charge is 0.465 e. The molecule has 0 spiro atoms. The second-order valence-corrected chi connectivity index (χ2v) is 7.15. The van der Waals surface area contributed by atoms with Crippen LogP contribution in [0, 0.1) is 0 Å². The fourth-order valence-electron chi connectivity index (χ4n) is 3.69. The third-order valence-corrected chi connectivity index (χ3v) is 5.07. The zero-order valence-electron chi connectivity index (χ0n) is 17.3. The van der Waals surface area contributed by atoms with Gasteiger partial charge in [0.1, 0.15) is 5.54 Å². The Kier molecular flexibility index (Phi) is 7.46. The van der Waals surface area contributed by atoms with E-state index in [1.54, 1.807) is 0 Å². The van der Waals surface area contributed by atoms with Crippen molar-refractivity contribution in [2.45, 2.75) is 18.0 Å². The molecule has 8 heteroatoms. The maximum atomic E-state index is 13.2. The summed E-state index contributed by atoms with van der Waals surface area (Å²) in [5.41, 5.74) is 10.4.